The number of aromatic amines is 1. The Morgan fingerprint density at radius 1 is 1.26 bits per heavy atom. The van der Waals surface area contributed by atoms with E-state index in [-0.39, 0.29) is 17.1 Å². The number of aromatic nitrogens is 2. The van der Waals surface area contributed by atoms with E-state index in [0.29, 0.717) is 5.69 Å². The second kappa shape index (κ2) is 6.11. The molecule has 0 aliphatic carbocycles. The minimum atomic E-state index is -1.08. The normalized spacial score (nSPS) is 10.8. The fourth-order valence-electron chi connectivity index (χ4n) is 2.10. The summed E-state index contributed by atoms with van der Waals surface area (Å²) < 4.78 is 33.7. The average Bonchev–Trinajstić information content (AvgIpc) is 2.93. The third kappa shape index (κ3) is 3.11. The number of halogens is 3. The first kappa shape index (κ1) is 15.7. The first-order valence-corrected chi connectivity index (χ1v) is 7.60. The molecule has 0 spiro atoms. The van der Waals surface area contributed by atoms with E-state index in [4.69, 9.17) is 4.42 Å². The standard InChI is InChI=1S/C15H10F2IN3O2/c1-7-6-8(18)2-5-11(7)19-13-9(3-4-10(16)12(13)17)14-20-21-15(22)23-14/h2-6,19H,1H3,(H,21,22). The summed E-state index contributed by atoms with van der Waals surface area (Å²) in [5.74, 6) is -3.00. The van der Waals surface area contributed by atoms with Crippen LogP contribution in [0.15, 0.2) is 39.5 Å². The number of rotatable bonds is 3. The molecule has 0 amide bonds. The molecule has 3 rings (SSSR count). The van der Waals surface area contributed by atoms with Crippen molar-refractivity contribution >= 4 is 34.0 Å². The Bertz CT molecular complexity index is 937. The van der Waals surface area contributed by atoms with Crippen molar-refractivity contribution in [3.63, 3.8) is 0 Å². The van der Waals surface area contributed by atoms with Crippen molar-refractivity contribution in [1.82, 2.24) is 10.2 Å². The summed E-state index contributed by atoms with van der Waals surface area (Å²) >= 11 is 2.16. The van der Waals surface area contributed by atoms with E-state index in [1.807, 2.05) is 19.1 Å². The number of aryl methyl sites for hydroxylation is 1. The molecular formula is C15H10F2IN3O2. The van der Waals surface area contributed by atoms with Crippen LogP contribution in [-0.4, -0.2) is 10.2 Å². The van der Waals surface area contributed by atoms with Crippen LogP contribution in [0.2, 0.25) is 0 Å². The zero-order chi connectivity index (χ0) is 16.6. The van der Waals surface area contributed by atoms with Crippen LogP contribution in [0.1, 0.15) is 5.56 Å². The zero-order valence-corrected chi connectivity index (χ0v) is 13.9. The molecule has 0 unspecified atom stereocenters. The molecule has 3 aromatic rings. The third-order valence-corrected chi connectivity index (χ3v) is 3.88. The van der Waals surface area contributed by atoms with Gasteiger partial charge in [-0.15, -0.1) is 5.10 Å². The second-order valence-corrected chi connectivity index (χ2v) is 6.03. The summed E-state index contributed by atoms with van der Waals surface area (Å²) in [6.45, 7) is 1.84. The van der Waals surface area contributed by atoms with Gasteiger partial charge >= 0.3 is 5.76 Å². The van der Waals surface area contributed by atoms with Crippen LogP contribution < -0.4 is 11.1 Å². The van der Waals surface area contributed by atoms with E-state index in [1.165, 1.54) is 6.07 Å². The summed E-state index contributed by atoms with van der Waals surface area (Å²) in [4.78, 5) is 11.1. The number of nitrogens with one attached hydrogen (secondary N) is 2. The Balaban J connectivity index is 2.13. The first-order valence-electron chi connectivity index (χ1n) is 6.53. The van der Waals surface area contributed by atoms with Crippen molar-refractivity contribution in [1.29, 1.82) is 0 Å². The van der Waals surface area contributed by atoms with E-state index in [0.717, 1.165) is 15.2 Å². The summed E-state index contributed by atoms with van der Waals surface area (Å²) in [5.41, 5.74) is 1.45. The van der Waals surface area contributed by atoms with Crippen LogP contribution in [0.25, 0.3) is 11.5 Å². The molecule has 118 valence electrons. The molecule has 5 nitrogen and oxygen atoms in total. The van der Waals surface area contributed by atoms with Gasteiger partial charge in [-0.1, -0.05) is 0 Å². The van der Waals surface area contributed by atoms with E-state index in [1.54, 1.807) is 6.07 Å². The summed E-state index contributed by atoms with van der Waals surface area (Å²) in [6.07, 6.45) is 0. The topological polar surface area (TPSA) is 70.9 Å². The molecule has 0 atom stereocenters. The van der Waals surface area contributed by atoms with E-state index >= 15 is 0 Å². The zero-order valence-electron chi connectivity index (χ0n) is 11.8. The molecule has 0 aliphatic heterocycles. The molecule has 8 heteroatoms. The highest BCUT2D eigenvalue weighted by molar-refractivity contribution is 14.1. The quantitative estimate of drug-likeness (QED) is 0.619. The van der Waals surface area contributed by atoms with Gasteiger partial charge < -0.3 is 9.73 Å². The Kier molecular flexibility index (Phi) is 4.16. The van der Waals surface area contributed by atoms with Gasteiger partial charge in [0, 0.05) is 9.26 Å². The minimum Gasteiger partial charge on any atom is -0.388 e. The molecule has 23 heavy (non-hydrogen) atoms. The average molecular weight is 429 g/mol. The van der Waals surface area contributed by atoms with E-state index in [2.05, 4.69) is 38.1 Å². The number of hydrogen-bond donors (Lipinski definition) is 2. The van der Waals surface area contributed by atoms with Crippen LogP contribution in [0, 0.1) is 22.1 Å². The predicted octanol–water partition coefficient (Wildman–Crippen LogP) is 3.96. The van der Waals surface area contributed by atoms with Crippen molar-refractivity contribution in [2.75, 3.05) is 5.32 Å². The lowest BCUT2D eigenvalue weighted by Gasteiger charge is -2.13. The van der Waals surface area contributed by atoms with E-state index in [9.17, 15) is 13.6 Å². The summed E-state index contributed by atoms with van der Waals surface area (Å²) in [7, 11) is 0. The van der Waals surface area contributed by atoms with Gasteiger partial charge in [-0.2, -0.15) is 0 Å². The smallest absolute Gasteiger partial charge is 0.388 e. The molecule has 0 bridgehead atoms. The van der Waals surface area contributed by atoms with Gasteiger partial charge in [0.05, 0.1) is 11.3 Å². The lowest BCUT2D eigenvalue weighted by atomic mass is 10.1. The first-order chi connectivity index (χ1) is 11.0. The van der Waals surface area contributed by atoms with Gasteiger partial charge in [-0.3, -0.25) is 0 Å². The summed E-state index contributed by atoms with van der Waals surface area (Å²) in [6, 6.07) is 7.73. The van der Waals surface area contributed by atoms with Crippen LogP contribution in [0.5, 0.6) is 0 Å². The number of hydrogen-bond acceptors (Lipinski definition) is 4. The van der Waals surface area contributed by atoms with Crippen molar-refractivity contribution in [3.8, 4) is 11.5 Å². The minimum absolute atomic E-state index is 0.125. The molecule has 2 N–H and O–H groups in total. The second-order valence-electron chi connectivity index (χ2n) is 4.79. The van der Waals surface area contributed by atoms with Gasteiger partial charge in [0.1, 0.15) is 0 Å². The SMILES string of the molecule is Cc1cc(I)ccc1Nc1c(-c2n[nH]c(=O)o2)ccc(F)c1F. The molecular weight excluding hydrogens is 419 g/mol. The maximum Gasteiger partial charge on any atom is 0.434 e. The third-order valence-electron chi connectivity index (χ3n) is 3.21. The fourth-order valence-corrected chi connectivity index (χ4v) is 2.75. The predicted molar refractivity (Wildman–Crippen MR) is 89.7 cm³/mol. The van der Waals surface area contributed by atoms with Crippen molar-refractivity contribution in [3.05, 3.63) is 61.7 Å². The highest BCUT2D eigenvalue weighted by Gasteiger charge is 2.19. The Morgan fingerprint density at radius 3 is 2.70 bits per heavy atom. The number of anilines is 2. The Morgan fingerprint density at radius 2 is 2.04 bits per heavy atom. The van der Waals surface area contributed by atoms with Gasteiger partial charge in [-0.25, -0.2) is 18.7 Å². The molecule has 0 fully saturated rings. The molecule has 0 saturated heterocycles. The maximum atomic E-state index is 14.3. The lowest BCUT2D eigenvalue weighted by molar-refractivity contribution is 0.508. The van der Waals surface area contributed by atoms with Crippen LogP contribution in [0.3, 0.4) is 0 Å². The molecule has 0 saturated carbocycles. The number of benzene rings is 2. The largest absolute Gasteiger partial charge is 0.434 e. The van der Waals surface area contributed by atoms with Crippen molar-refractivity contribution in [2.45, 2.75) is 6.92 Å². The van der Waals surface area contributed by atoms with Crippen LogP contribution in [-0.2, 0) is 0 Å². The highest BCUT2D eigenvalue weighted by Crippen LogP contribution is 2.33. The lowest BCUT2D eigenvalue weighted by Crippen LogP contribution is -2.01. The molecule has 1 heterocycles. The number of nitrogens with zero attached hydrogens (tertiary/aromatic N) is 1. The van der Waals surface area contributed by atoms with Gasteiger partial charge in [0.15, 0.2) is 11.6 Å². The van der Waals surface area contributed by atoms with Crippen LogP contribution >= 0.6 is 22.6 Å². The van der Waals surface area contributed by atoms with Crippen molar-refractivity contribution in [2.24, 2.45) is 0 Å². The Hall–Kier alpha value is -2.23. The van der Waals surface area contributed by atoms with Crippen molar-refractivity contribution < 1.29 is 13.2 Å². The fraction of sp³-hybridized carbons (Fsp3) is 0.0667. The maximum absolute atomic E-state index is 14.3. The molecule has 0 aliphatic rings. The monoisotopic (exact) mass is 429 g/mol. The van der Waals surface area contributed by atoms with E-state index < -0.39 is 17.4 Å². The number of H-pyrrole nitrogens is 1. The van der Waals surface area contributed by atoms with Gasteiger partial charge in [0.25, 0.3) is 5.89 Å². The van der Waals surface area contributed by atoms with Gasteiger partial charge in [0.2, 0.25) is 0 Å². The molecule has 1 aromatic heterocycles. The Labute approximate surface area is 142 Å². The summed E-state index contributed by atoms with van der Waals surface area (Å²) in [5, 5.41) is 8.61. The molecule has 0 radical (unpaired) electrons. The highest BCUT2D eigenvalue weighted by atomic mass is 127. The van der Waals surface area contributed by atoms with Gasteiger partial charge in [-0.05, 0) is 65.4 Å². The van der Waals surface area contributed by atoms with Crippen LogP contribution in [0.4, 0.5) is 20.2 Å². The molecule has 2 aromatic carbocycles.